The molecule has 0 saturated carbocycles. The number of likely N-dealkylation sites (tertiary alicyclic amines) is 1. The Morgan fingerprint density at radius 3 is 2.36 bits per heavy atom. The number of rotatable bonds is 4. The third kappa shape index (κ3) is 2.41. The van der Waals surface area contributed by atoms with E-state index in [1.54, 1.807) is 33.1 Å². The van der Waals surface area contributed by atoms with Crippen molar-refractivity contribution in [2.24, 2.45) is 11.8 Å². The number of nitrogens with zero attached hydrogens (tertiary/aromatic N) is 1. The van der Waals surface area contributed by atoms with Gasteiger partial charge < -0.3 is 9.47 Å². The third-order valence-corrected chi connectivity index (χ3v) is 5.28. The monoisotopic (exact) mass is 346 g/mol. The van der Waals surface area contributed by atoms with Crippen LogP contribution in [0.5, 0.6) is 5.75 Å². The van der Waals surface area contributed by atoms with Crippen molar-refractivity contribution in [1.29, 1.82) is 0 Å². The number of methoxy groups -OCH3 is 2. The van der Waals surface area contributed by atoms with Crippen LogP contribution >= 0.6 is 0 Å². The van der Waals surface area contributed by atoms with Crippen LogP contribution in [0.2, 0.25) is 0 Å². The molecule has 1 N–H and O–H groups in total. The van der Waals surface area contributed by atoms with Gasteiger partial charge in [0, 0.05) is 12.6 Å². The van der Waals surface area contributed by atoms with E-state index in [-0.39, 0.29) is 18.4 Å². The Balaban J connectivity index is 2.06. The Labute approximate surface area is 146 Å². The van der Waals surface area contributed by atoms with Crippen LogP contribution < -0.4 is 10.1 Å². The Hall–Kier alpha value is -2.41. The van der Waals surface area contributed by atoms with Gasteiger partial charge in [0.25, 0.3) is 0 Å². The van der Waals surface area contributed by atoms with E-state index >= 15 is 0 Å². The molecular weight excluding hydrogens is 324 g/mol. The molecule has 2 aliphatic heterocycles. The fraction of sp³-hybridized carbons (Fsp3) is 0.500. The van der Waals surface area contributed by atoms with Crippen molar-refractivity contribution < 1.29 is 23.9 Å². The number of ether oxygens (including phenoxy) is 2. The van der Waals surface area contributed by atoms with Gasteiger partial charge >= 0.3 is 5.97 Å². The molecule has 2 saturated heterocycles. The topological polar surface area (TPSA) is 84.9 Å². The second kappa shape index (κ2) is 6.15. The maximum Gasteiger partial charge on any atom is 0.326 e. The third-order valence-electron chi connectivity index (χ3n) is 5.28. The molecule has 0 aromatic heterocycles. The predicted molar refractivity (Wildman–Crippen MR) is 88.7 cm³/mol. The lowest BCUT2D eigenvalue weighted by molar-refractivity contribution is -0.153. The molecule has 25 heavy (non-hydrogen) atoms. The summed E-state index contributed by atoms with van der Waals surface area (Å²) in [5, 5.41) is 3.20. The average Bonchev–Trinajstić information content (AvgIpc) is 3.08. The lowest BCUT2D eigenvalue weighted by Crippen LogP contribution is -2.53. The van der Waals surface area contributed by atoms with Crippen LogP contribution in [-0.4, -0.2) is 49.0 Å². The minimum absolute atomic E-state index is 0.251. The second-order valence-electron chi connectivity index (χ2n) is 6.51. The van der Waals surface area contributed by atoms with Crippen LogP contribution in [0.4, 0.5) is 0 Å². The Bertz CT molecular complexity index is 717. The first kappa shape index (κ1) is 17.4. The molecule has 2 amide bonds. The van der Waals surface area contributed by atoms with Crippen molar-refractivity contribution in [3.63, 3.8) is 0 Å². The fourth-order valence-electron chi connectivity index (χ4n) is 4.01. The smallest absolute Gasteiger partial charge is 0.326 e. The van der Waals surface area contributed by atoms with Gasteiger partial charge in [-0.15, -0.1) is 0 Å². The van der Waals surface area contributed by atoms with Crippen LogP contribution in [-0.2, 0) is 19.1 Å². The lowest BCUT2D eigenvalue weighted by atomic mass is 9.80. The van der Waals surface area contributed by atoms with Gasteiger partial charge in [0.15, 0.2) is 0 Å². The number of fused-ring (bicyclic) bond motifs is 1. The SMILES string of the molecule is CCN1C(=O)[C@H]2[C@@H](C1=O)[C@@](C)(C(=O)OC)N[C@H]2c1ccc(OC)cc1. The number of hydrogen-bond acceptors (Lipinski definition) is 6. The van der Waals surface area contributed by atoms with E-state index in [0.717, 1.165) is 5.56 Å². The van der Waals surface area contributed by atoms with Gasteiger partial charge in [0.2, 0.25) is 11.8 Å². The minimum Gasteiger partial charge on any atom is -0.497 e. The molecule has 134 valence electrons. The Morgan fingerprint density at radius 2 is 1.84 bits per heavy atom. The summed E-state index contributed by atoms with van der Waals surface area (Å²) in [6.45, 7) is 3.67. The highest BCUT2D eigenvalue weighted by Crippen LogP contribution is 2.48. The number of amides is 2. The van der Waals surface area contributed by atoms with E-state index < -0.39 is 29.4 Å². The summed E-state index contributed by atoms with van der Waals surface area (Å²) in [7, 11) is 2.86. The fourth-order valence-corrected chi connectivity index (χ4v) is 4.01. The largest absolute Gasteiger partial charge is 0.497 e. The molecule has 0 unspecified atom stereocenters. The average molecular weight is 346 g/mol. The summed E-state index contributed by atoms with van der Waals surface area (Å²) in [5.41, 5.74) is -0.428. The van der Waals surface area contributed by atoms with E-state index in [0.29, 0.717) is 5.75 Å². The molecule has 2 fully saturated rings. The Kier molecular flexibility index (Phi) is 4.28. The quantitative estimate of drug-likeness (QED) is 0.644. The highest BCUT2D eigenvalue weighted by molar-refractivity contribution is 6.09. The lowest BCUT2D eigenvalue weighted by Gasteiger charge is -2.28. The van der Waals surface area contributed by atoms with E-state index in [1.807, 2.05) is 12.1 Å². The molecule has 2 heterocycles. The molecule has 2 aliphatic rings. The van der Waals surface area contributed by atoms with E-state index in [9.17, 15) is 14.4 Å². The maximum atomic E-state index is 12.8. The van der Waals surface area contributed by atoms with E-state index in [2.05, 4.69) is 5.32 Å². The summed E-state index contributed by atoms with van der Waals surface area (Å²) in [4.78, 5) is 39.2. The molecule has 3 rings (SSSR count). The van der Waals surface area contributed by atoms with Crippen LogP contribution in [0, 0.1) is 11.8 Å². The molecular formula is C18H22N2O5. The number of carbonyl (C=O) groups is 3. The Morgan fingerprint density at radius 1 is 1.20 bits per heavy atom. The number of nitrogens with one attached hydrogen (secondary N) is 1. The molecule has 7 nitrogen and oxygen atoms in total. The maximum absolute atomic E-state index is 12.8. The first-order chi connectivity index (χ1) is 11.9. The van der Waals surface area contributed by atoms with Crippen molar-refractivity contribution in [3.8, 4) is 5.75 Å². The number of esters is 1. The van der Waals surface area contributed by atoms with Gasteiger partial charge in [-0.2, -0.15) is 0 Å². The van der Waals surface area contributed by atoms with E-state index in [4.69, 9.17) is 9.47 Å². The molecule has 0 radical (unpaired) electrons. The first-order valence-corrected chi connectivity index (χ1v) is 8.24. The summed E-state index contributed by atoms with van der Waals surface area (Å²) in [6.07, 6.45) is 0. The van der Waals surface area contributed by atoms with Crippen molar-refractivity contribution in [2.75, 3.05) is 20.8 Å². The van der Waals surface area contributed by atoms with Gasteiger partial charge in [-0.25, -0.2) is 0 Å². The standard InChI is InChI=1S/C18H22N2O5/c1-5-20-15(21)12-13(16(20)22)18(2,17(23)25-4)19-14(12)10-6-8-11(24-3)9-7-10/h6-9,12-14,19H,5H2,1-4H3/t12-,13-,14-,18-/m0/s1. The van der Waals surface area contributed by atoms with Gasteiger partial charge in [-0.05, 0) is 31.5 Å². The van der Waals surface area contributed by atoms with E-state index in [1.165, 1.54) is 12.0 Å². The molecule has 0 aliphatic carbocycles. The first-order valence-electron chi connectivity index (χ1n) is 8.24. The predicted octanol–water partition coefficient (Wildman–Crippen LogP) is 0.892. The summed E-state index contributed by atoms with van der Waals surface area (Å²) >= 11 is 0. The number of benzene rings is 1. The van der Waals surface area contributed by atoms with Crippen molar-refractivity contribution in [3.05, 3.63) is 29.8 Å². The number of carbonyl (C=O) groups excluding carboxylic acids is 3. The highest BCUT2D eigenvalue weighted by Gasteiger charge is 2.66. The van der Waals surface area contributed by atoms with Crippen LogP contribution in [0.25, 0.3) is 0 Å². The zero-order chi connectivity index (χ0) is 18.4. The number of imide groups is 1. The van der Waals surface area contributed by atoms with Gasteiger partial charge in [0.1, 0.15) is 11.3 Å². The molecule has 7 heteroatoms. The minimum atomic E-state index is -1.25. The second-order valence-corrected chi connectivity index (χ2v) is 6.51. The summed E-state index contributed by atoms with van der Waals surface area (Å²) < 4.78 is 10.1. The van der Waals surface area contributed by atoms with Crippen molar-refractivity contribution >= 4 is 17.8 Å². The summed E-state index contributed by atoms with van der Waals surface area (Å²) in [6, 6.07) is 6.80. The summed E-state index contributed by atoms with van der Waals surface area (Å²) in [5.74, 6) is -1.84. The number of hydrogen-bond donors (Lipinski definition) is 1. The van der Waals surface area contributed by atoms with Crippen LogP contribution in [0.15, 0.2) is 24.3 Å². The highest BCUT2D eigenvalue weighted by atomic mass is 16.5. The zero-order valence-electron chi connectivity index (χ0n) is 14.7. The van der Waals surface area contributed by atoms with Crippen molar-refractivity contribution in [1.82, 2.24) is 10.2 Å². The van der Waals surface area contributed by atoms with Crippen molar-refractivity contribution in [2.45, 2.75) is 25.4 Å². The molecule has 1 aromatic rings. The molecule has 0 spiro atoms. The molecule has 4 atom stereocenters. The van der Waals surface area contributed by atoms with Crippen LogP contribution in [0.1, 0.15) is 25.5 Å². The van der Waals surface area contributed by atoms with Gasteiger partial charge in [0.05, 0.1) is 26.1 Å². The zero-order valence-corrected chi connectivity index (χ0v) is 14.7. The van der Waals surface area contributed by atoms with Gasteiger partial charge in [-0.1, -0.05) is 12.1 Å². The van der Waals surface area contributed by atoms with Crippen LogP contribution in [0.3, 0.4) is 0 Å². The molecule has 1 aromatic carbocycles. The van der Waals surface area contributed by atoms with Gasteiger partial charge in [-0.3, -0.25) is 24.6 Å². The molecule has 0 bridgehead atoms. The normalized spacial score (nSPS) is 31.2.